The molecular weight excluding hydrogens is 364 g/mol. The average molecular weight is 388 g/mol. The predicted molar refractivity (Wildman–Crippen MR) is 107 cm³/mol. The second kappa shape index (κ2) is 8.00. The van der Waals surface area contributed by atoms with E-state index in [-0.39, 0.29) is 11.7 Å². The number of benzene rings is 2. The molecule has 0 heterocycles. The van der Waals surface area contributed by atoms with Crippen LogP contribution < -0.4 is 14.8 Å². The van der Waals surface area contributed by atoms with Gasteiger partial charge in [0.2, 0.25) is 15.9 Å². The number of carbonyl (C=O) groups excluding carboxylic acids is 1. The highest BCUT2D eigenvalue weighted by Crippen LogP contribution is 2.31. The second-order valence-corrected chi connectivity index (χ2v) is 8.69. The minimum absolute atomic E-state index is 0.0408. The molecule has 2 aromatic rings. The van der Waals surface area contributed by atoms with Gasteiger partial charge < -0.3 is 10.1 Å². The molecule has 0 unspecified atom stereocenters. The van der Waals surface area contributed by atoms with Gasteiger partial charge in [0.1, 0.15) is 5.75 Å². The summed E-state index contributed by atoms with van der Waals surface area (Å²) in [6.07, 6.45) is 2.44. The summed E-state index contributed by atoms with van der Waals surface area (Å²) in [6, 6.07) is 13.1. The highest BCUT2D eigenvalue weighted by molar-refractivity contribution is 7.92. The molecule has 3 rings (SSSR count). The molecule has 1 aliphatic rings. The number of ether oxygens (including phenoxy) is 1. The first kappa shape index (κ1) is 19.2. The van der Waals surface area contributed by atoms with E-state index in [1.165, 1.54) is 25.2 Å². The highest BCUT2D eigenvalue weighted by atomic mass is 32.2. The fraction of sp³-hybridized carbons (Fsp3) is 0.350. The van der Waals surface area contributed by atoms with E-state index in [2.05, 4.69) is 22.2 Å². The van der Waals surface area contributed by atoms with Gasteiger partial charge in [-0.05, 0) is 54.5 Å². The lowest BCUT2D eigenvalue weighted by molar-refractivity contribution is -0.114. The summed E-state index contributed by atoms with van der Waals surface area (Å²) in [5.74, 6) is 0.557. The maximum atomic E-state index is 12.6. The number of hydrogen-bond acceptors (Lipinski definition) is 4. The van der Waals surface area contributed by atoms with Gasteiger partial charge in [-0.3, -0.25) is 9.52 Å². The SMILES string of the molecule is COc1ccc(NC(C)=O)cc1NS(=O)(=O)CCC1Cc2ccccc2C1. The van der Waals surface area contributed by atoms with Crippen molar-refractivity contribution in [1.82, 2.24) is 0 Å². The van der Waals surface area contributed by atoms with Gasteiger partial charge in [0.25, 0.3) is 0 Å². The van der Waals surface area contributed by atoms with Crippen LogP contribution in [0.15, 0.2) is 42.5 Å². The Morgan fingerprint density at radius 3 is 2.41 bits per heavy atom. The lowest BCUT2D eigenvalue weighted by Gasteiger charge is -2.15. The van der Waals surface area contributed by atoms with E-state index in [0.29, 0.717) is 29.5 Å². The Hall–Kier alpha value is -2.54. The Morgan fingerprint density at radius 2 is 1.81 bits per heavy atom. The second-order valence-electron chi connectivity index (χ2n) is 6.85. The number of hydrogen-bond donors (Lipinski definition) is 2. The summed E-state index contributed by atoms with van der Waals surface area (Å²) in [4.78, 5) is 11.2. The first-order chi connectivity index (χ1) is 12.9. The molecule has 2 aromatic carbocycles. The van der Waals surface area contributed by atoms with Crippen LogP contribution in [0.2, 0.25) is 0 Å². The fourth-order valence-corrected chi connectivity index (χ4v) is 4.70. The van der Waals surface area contributed by atoms with Gasteiger partial charge in [-0.15, -0.1) is 0 Å². The van der Waals surface area contributed by atoms with Crippen LogP contribution in [0.3, 0.4) is 0 Å². The van der Waals surface area contributed by atoms with Crippen molar-refractivity contribution in [2.45, 2.75) is 26.2 Å². The molecule has 0 radical (unpaired) electrons. The number of rotatable bonds is 7. The smallest absolute Gasteiger partial charge is 0.232 e. The maximum Gasteiger partial charge on any atom is 0.232 e. The monoisotopic (exact) mass is 388 g/mol. The zero-order valence-electron chi connectivity index (χ0n) is 15.5. The van der Waals surface area contributed by atoms with Crippen LogP contribution in [0.4, 0.5) is 11.4 Å². The average Bonchev–Trinajstić information content (AvgIpc) is 3.03. The zero-order chi connectivity index (χ0) is 19.4. The zero-order valence-corrected chi connectivity index (χ0v) is 16.3. The van der Waals surface area contributed by atoms with Crippen LogP contribution in [0.25, 0.3) is 0 Å². The molecule has 144 valence electrons. The van der Waals surface area contributed by atoms with Crippen LogP contribution in [0.5, 0.6) is 5.75 Å². The Morgan fingerprint density at radius 1 is 1.15 bits per heavy atom. The third-order valence-electron chi connectivity index (χ3n) is 4.72. The van der Waals surface area contributed by atoms with Crippen molar-refractivity contribution in [3.8, 4) is 5.75 Å². The van der Waals surface area contributed by atoms with Crippen LogP contribution >= 0.6 is 0 Å². The molecule has 0 spiro atoms. The van der Waals surface area contributed by atoms with Gasteiger partial charge in [-0.1, -0.05) is 24.3 Å². The molecule has 0 atom stereocenters. The molecule has 0 aliphatic heterocycles. The first-order valence-corrected chi connectivity index (χ1v) is 10.5. The van der Waals surface area contributed by atoms with Crippen molar-refractivity contribution >= 4 is 27.3 Å². The quantitative estimate of drug-likeness (QED) is 0.763. The van der Waals surface area contributed by atoms with Crippen molar-refractivity contribution in [3.63, 3.8) is 0 Å². The molecule has 0 saturated heterocycles. The Balaban J connectivity index is 1.65. The third kappa shape index (κ3) is 5.01. The number of carbonyl (C=O) groups is 1. The summed E-state index contributed by atoms with van der Waals surface area (Å²) >= 11 is 0. The molecule has 0 saturated carbocycles. The Labute approximate surface area is 160 Å². The van der Waals surface area contributed by atoms with E-state index in [1.807, 2.05) is 12.1 Å². The van der Waals surface area contributed by atoms with Crippen molar-refractivity contribution in [2.75, 3.05) is 22.9 Å². The summed E-state index contributed by atoms with van der Waals surface area (Å²) in [6.45, 7) is 1.40. The van der Waals surface area contributed by atoms with Crippen molar-refractivity contribution in [1.29, 1.82) is 0 Å². The van der Waals surface area contributed by atoms with Gasteiger partial charge in [0, 0.05) is 12.6 Å². The van der Waals surface area contributed by atoms with Gasteiger partial charge in [-0.25, -0.2) is 8.42 Å². The van der Waals surface area contributed by atoms with Gasteiger partial charge in [0.05, 0.1) is 18.6 Å². The predicted octanol–water partition coefficient (Wildman–Crippen LogP) is 3.20. The number of anilines is 2. The number of nitrogens with one attached hydrogen (secondary N) is 2. The van der Waals surface area contributed by atoms with Crippen molar-refractivity contribution in [2.24, 2.45) is 5.92 Å². The van der Waals surface area contributed by atoms with E-state index >= 15 is 0 Å². The molecule has 0 aromatic heterocycles. The van der Waals surface area contributed by atoms with Crippen LogP contribution in [0.1, 0.15) is 24.5 Å². The fourth-order valence-electron chi connectivity index (χ4n) is 3.46. The van der Waals surface area contributed by atoms with Crippen LogP contribution in [0, 0.1) is 5.92 Å². The molecule has 1 amide bonds. The van der Waals surface area contributed by atoms with E-state index < -0.39 is 10.0 Å². The van der Waals surface area contributed by atoms with E-state index in [0.717, 1.165) is 12.8 Å². The molecular formula is C20H24N2O4S. The van der Waals surface area contributed by atoms with Crippen molar-refractivity contribution < 1.29 is 17.9 Å². The molecule has 6 nitrogen and oxygen atoms in total. The van der Waals surface area contributed by atoms with E-state index in [4.69, 9.17) is 4.74 Å². The lowest BCUT2D eigenvalue weighted by atomic mass is 10.0. The number of fused-ring (bicyclic) bond motifs is 1. The normalized spacial score (nSPS) is 13.9. The molecule has 27 heavy (non-hydrogen) atoms. The largest absolute Gasteiger partial charge is 0.495 e. The Kier molecular flexibility index (Phi) is 5.70. The number of methoxy groups -OCH3 is 1. The van der Waals surface area contributed by atoms with Crippen LogP contribution in [-0.2, 0) is 27.7 Å². The maximum absolute atomic E-state index is 12.6. The van der Waals surface area contributed by atoms with Gasteiger partial charge in [-0.2, -0.15) is 0 Å². The van der Waals surface area contributed by atoms with Crippen LogP contribution in [-0.4, -0.2) is 27.2 Å². The topological polar surface area (TPSA) is 84.5 Å². The minimum atomic E-state index is -3.53. The van der Waals surface area contributed by atoms with E-state index in [9.17, 15) is 13.2 Å². The molecule has 0 fully saturated rings. The van der Waals surface area contributed by atoms with Crippen molar-refractivity contribution in [3.05, 3.63) is 53.6 Å². The van der Waals surface area contributed by atoms with E-state index in [1.54, 1.807) is 18.2 Å². The Bertz CT molecular complexity index is 916. The van der Waals surface area contributed by atoms with Gasteiger partial charge in [0.15, 0.2) is 0 Å². The molecule has 7 heteroatoms. The van der Waals surface area contributed by atoms with Gasteiger partial charge >= 0.3 is 0 Å². The number of sulfonamides is 1. The third-order valence-corrected chi connectivity index (χ3v) is 6.02. The summed E-state index contributed by atoms with van der Waals surface area (Å²) in [5.41, 5.74) is 3.46. The standard InChI is InChI=1S/C20H24N2O4S/c1-14(23)21-18-7-8-20(26-2)19(13-18)22-27(24,25)10-9-15-11-16-5-3-4-6-17(16)12-15/h3-8,13,15,22H,9-12H2,1-2H3,(H,21,23). The molecule has 0 bridgehead atoms. The molecule has 1 aliphatic carbocycles. The molecule has 2 N–H and O–H groups in total. The number of amides is 1. The summed E-state index contributed by atoms with van der Waals surface area (Å²) in [5, 5.41) is 2.64. The summed E-state index contributed by atoms with van der Waals surface area (Å²) < 4.78 is 33.0. The lowest BCUT2D eigenvalue weighted by Crippen LogP contribution is -2.20. The highest BCUT2D eigenvalue weighted by Gasteiger charge is 2.23. The first-order valence-electron chi connectivity index (χ1n) is 8.89. The summed E-state index contributed by atoms with van der Waals surface area (Å²) in [7, 11) is -2.06. The minimum Gasteiger partial charge on any atom is -0.495 e.